The number of fused-ring (bicyclic) bond motifs is 1. The van der Waals surface area contributed by atoms with Crippen LogP contribution < -0.4 is 0 Å². The lowest BCUT2D eigenvalue weighted by atomic mass is 9.97. The number of hydrogen-bond acceptors (Lipinski definition) is 2. The molecule has 3 aromatic rings. The molecule has 1 aromatic heterocycles. The van der Waals surface area contributed by atoms with Crippen molar-refractivity contribution in [2.75, 3.05) is 13.1 Å². The molecule has 1 saturated heterocycles. The average molecular weight is 382 g/mol. The molecule has 0 bridgehead atoms. The maximum Gasteiger partial charge on any atom is 0.222 e. The van der Waals surface area contributed by atoms with Gasteiger partial charge in [0.05, 0.1) is 11.0 Å². The average Bonchev–Trinajstić information content (AvgIpc) is 3.14. The lowest BCUT2D eigenvalue weighted by Gasteiger charge is -2.32. The molecule has 0 saturated carbocycles. The maximum atomic E-state index is 12.7. The lowest BCUT2D eigenvalue weighted by Crippen LogP contribution is -2.39. The second kappa shape index (κ2) is 8.13. The first-order valence-corrected chi connectivity index (χ1v) is 10.0. The third-order valence-corrected chi connectivity index (χ3v) is 5.59. The molecule has 5 heteroatoms. The summed E-state index contributed by atoms with van der Waals surface area (Å²) in [7, 11) is 0. The highest BCUT2D eigenvalue weighted by Gasteiger charge is 2.26. The van der Waals surface area contributed by atoms with Crippen molar-refractivity contribution in [3.8, 4) is 0 Å². The Morgan fingerprint density at radius 1 is 1.19 bits per heavy atom. The van der Waals surface area contributed by atoms with E-state index in [4.69, 9.17) is 16.6 Å². The van der Waals surface area contributed by atoms with Crippen LogP contribution in [0.15, 0.2) is 48.5 Å². The minimum absolute atomic E-state index is 0.254. The van der Waals surface area contributed by atoms with Gasteiger partial charge in [0.25, 0.3) is 0 Å². The maximum absolute atomic E-state index is 12.7. The van der Waals surface area contributed by atoms with Gasteiger partial charge in [-0.25, -0.2) is 4.98 Å². The number of H-pyrrole nitrogens is 1. The molecule has 4 nitrogen and oxygen atoms in total. The Bertz CT molecular complexity index is 886. The van der Waals surface area contributed by atoms with Gasteiger partial charge in [0, 0.05) is 30.5 Å². The second-order valence-electron chi connectivity index (χ2n) is 7.30. The first kappa shape index (κ1) is 18.1. The Labute approximate surface area is 164 Å². The topological polar surface area (TPSA) is 49.0 Å². The van der Waals surface area contributed by atoms with Crippen LogP contribution in [0, 0.1) is 0 Å². The molecule has 2 heterocycles. The SMILES string of the molecule is O=C(CCCc1ccc(Cl)cc1)N1CCCC(c2nc3ccccc3[nH]2)C1. The fourth-order valence-corrected chi connectivity index (χ4v) is 3.97. The summed E-state index contributed by atoms with van der Waals surface area (Å²) in [5.41, 5.74) is 3.30. The molecular formula is C22H24ClN3O. The van der Waals surface area contributed by atoms with Crippen LogP contribution in [-0.2, 0) is 11.2 Å². The first-order chi connectivity index (χ1) is 13.2. The van der Waals surface area contributed by atoms with Crippen molar-refractivity contribution in [3.63, 3.8) is 0 Å². The molecule has 1 unspecified atom stereocenters. The third-order valence-electron chi connectivity index (χ3n) is 5.34. The number of hydrogen-bond donors (Lipinski definition) is 1. The normalized spacial score (nSPS) is 17.4. The quantitative estimate of drug-likeness (QED) is 0.680. The zero-order valence-corrected chi connectivity index (χ0v) is 16.1. The van der Waals surface area contributed by atoms with Crippen molar-refractivity contribution in [1.29, 1.82) is 0 Å². The molecule has 0 aliphatic carbocycles. The first-order valence-electron chi connectivity index (χ1n) is 9.66. The zero-order chi connectivity index (χ0) is 18.6. The summed E-state index contributed by atoms with van der Waals surface area (Å²) >= 11 is 5.92. The predicted octanol–water partition coefficient (Wildman–Crippen LogP) is 4.95. The van der Waals surface area contributed by atoms with Crippen LogP contribution in [-0.4, -0.2) is 33.9 Å². The summed E-state index contributed by atoms with van der Waals surface area (Å²) in [6, 6.07) is 16.0. The Hall–Kier alpha value is -2.33. The molecule has 1 aliphatic heterocycles. The predicted molar refractivity (Wildman–Crippen MR) is 109 cm³/mol. The molecule has 1 amide bonds. The molecule has 0 radical (unpaired) electrons. The summed E-state index contributed by atoms with van der Waals surface area (Å²) in [5, 5.41) is 0.750. The minimum atomic E-state index is 0.254. The van der Waals surface area contributed by atoms with Gasteiger partial charge >= 0.3 is 0 Å². The number of piperidine rings is 1. The Morgan fingerprint density at radius 3 is 2.81 bits per heavy atom. The highest BCUT2D eigenvalue weighted by atomic mass is 35.5. The smallest absolute Gasteiger partial charge is 0.222 e. The number of rotatable bonds is 5. The highest BCUT2D eigenvalue weighted by Crippen LogP contribution is 2.27. The largest absolute Gasteiger partial charge is 0.342 e. The molecule has 2 aromatic carbocycles. The summed E-state index contributed by atoms with van der Waals surface area (Å²) in [6.45, 7) is 1.62. The minimum Gasteiger partial charge on any atom is -0.342 e. The molecule has 1 N–H and O–H groups in total. The van der Waals surface area contributed by atoms with Crippen molar-refractivity contribution in [3.05, 3.63) is 64.9 Å². The summed E-state index contributed by atoms with van der Waals surface area (Å²) < 4.78 is 0. The van der Waals surface area contributed by atoms with Gasteiger partial charge in [-0.15, -0.1) is 0 Å². The van der Waals surface area contributed by atoms with Crippen molar-refractivity contribution >= 4 is 28.5 Å². The van der Waals surface area contributed by atoms with Gasteiger partial charge < -0.3 is 9.88 Å². The number of nitrogens with one attached hydrogen (secondary N) is 1. The molecule has 1 atom stereocenters. The number of benzene rings is 2. The van der Waals surface area contributed by atoms with Crippen LogP contribution in [0.25, 0.3) is 11.0 Å². The van der Waals surface area contributed by atoms with E-state index in [-0.39, 0.29) is 5.91 Å². The van der Waals surface area contributed by atoms with Crippen LogP contribution in [0.1, 0.15) is 43.0 Å². The Morgan fingerprint density at radius 2 is 2.00 bits per heavy atom. The molecule has 27 heavy (non-hydrogen) atoms. The number of halogens is 1. The van der Waals surface area contributed by atoms with Gasteiger partial charge in [-0.1, -0.05) is 35.9 Å². The second-order valence-corrected chi connectivity index (χ2v) is 7.73. The number of likely N-dealkylation sites (tertiary alicyclic amines) is 1. The summed E-state index contributed by atoms with van der Waals surface area (Å²) in [5.74, 6) is 1.56. The van der Waals surface area contributed by atoms with Gasteiger partial charge in [0.15, 0.2) is 0 Å². The highest BCUT2D eigenvalue weighted by molar-refractivity contribution is 6.30. The van der Waals surface area contributed by atoms with Crippen LogP contribution in [0.5, 0.6) is 0 Å². The van der Waals surface area contributed by atoms with Gasteiger partial charge in [-0.2, -0.15) is 0 Å². The molecule has 1 aliphatic rings. The number of nitrogens with zero attached hydrogens (tertiary/aromatic N) is 2. The number of aromatic amines is 1. The molecule has 140 valence electrons. The third kappa shape index (κ3) is 4.33. The molecular weight excluding hydrogens is 358 g/mol. The van der Waals surface area contributed by atoms with E-state index >= 15 is 0 Å². The zero-order valence-electron chi connectivity index (χ0n) is 15.3. The van der Waals surface area contributed by atoms with Gasteiger partial charge in [-0.3, -0.25) is 4.79 Å². The lowest BCUT2D eigenvalue weighted by molar-refractivity contribution is -0.132. The fraction of sp³-hybridized carbons (Fsp3) is 0.364. The van der Waals surface area contributed by atoms with Crippen molar-refractivity contribution in [2.24, 2.45) is 0 Å². The van der Waals surface area contributed by atoms with Gasteiger partial charge in [-0.05, 0) is 55.5 Å². The van der Waals surface area contributed by atoms with E-state index in [0.29, 0.717) is 12.3 Å². The van der Waals surface area contributed by atoms with E-state index in [1.54, 1.807) is 0 Å². The number of aryl methyl sites for hydroxylation is 1. The van der Waals surface area contributed by atoms with Crippen LogP contribution in [0.4, 0.5) is 0 Å². The number of para-hydroxylation sites is 2. The fourth-order valence-electron chi connectivity index (χ4n) is 3.85. The van der Waals surface area contributed by atoms with Gasteiger partial charge in [0.2, 0.25) is 5.91 Å². The summed E-state index contributed by atoms with van der Waals surface area (Å²) in [4.78, 5) is 22.9. The number of carbonyl (C=O) groups is 1. The number of amides is 1. The number of aromatic nitrogens is 2. The summed E-state index contributed by atoms with van der Waals surface area (Å²) in [6.07, 6.45) is 4.48. The van der Waals surface area contributed by atoms with E-state index in [1.165, 1.54) is 5.56 Å². The molecule has 0 spiro atoms. The van der Waals surface area contributed by atoms with E-state index < -0.39 is 0 Å². The van der Waals surface area contributed by atoms with Crippen molar-refractivity contribution in [1.82, 2.24) is 14.9 Å². The standard InChI is InChI=1S/C22H24ClN3O/c23-18-12-10-16(11-13-18)5-3-9-21(27)26-14-4-6-17(15-26)22-24-19-7-1-2-8-20(19)25-22/h1-2,7-8,10-13,17H,3-6,9,14-15H2,(H,24,25). The van der Waals surface area contributed by atoms with Crippen LogP contribution in [0.3, 0.4) is 0 Å². The van der Waals surface area contributed by atoms with Crippen molar-refractivity contribution in [2.45, 2.75) is 38.0 Å². The van der Waals surface area contributed by atoms with Gasteiger partial charge in [0.1, 0.15) is 5.82 Å². The van der Waals surface area contributed by atoms with Crippen LogP contribution in [0.2, 0.25) is 5.02 Å². The van der Waals surface area contributed by atoms with E-state index in [9.17, 15) is 4.79 Å². The van der Waals surface area contributed by atoms with Crippen molar-refractivity contribution < 1.29 is 4.79 Å². The Balaban J connectivity index is 1.33. The van der Waals surface area contributed by atoms with E-state index in [0.717, 1.165) is 60.7 Å². The van der Waals surface area contributed by atoms with E-state index in [1.807, 2.05) is 53.4 Å². The Kier molecular flexibility index (Phi) is 5.44. The monoisotopic (exact) mass is 381 g/mol. The molecule has 4 rings (SSSR count). The molecule has 1 fully saturated rings. The number of imidazole rings is 1. The van der Waals surface area contributed by atoms with Crippen LogP contribution >= 0.6 is 11.6 Å². The number of carbonyl (C=O) groups excluding carboxylic acids is 1. The van der Waals surface area contributed by atoms with E-state index in [2.05, 4.69) is 4.98 Å².